The van der Waals surface area contributed by atoms with Crippen LogP contribution in [0, 0.1) is 0 Å². The smallest absolute Gasteiger partial charge is 0.142 e. The molecule has 2 aromatic heterocycles. The summed E-state index contributed by atoms with van der Waals surface area (Å²) in [6.07, 6.45) is 6.32. The molecule has 0 fully saturated rings. The van der Waals surface area contributed by atoms with Gasteiger partial charge in [0.2, 0.25) is 0 Å². The van der Waals surface area contributed by atoms with Crippen LogP contribution in [-0.4, -0.2) is 14.7 Å². The van der Waals surface area contributed by atoms with Crippen molar-refractivity contribution in [2.45, 2.75) is 39.3 Å². The molecule has 0 aromatic carbocycles. The molecule has 2 heterocycles. The maximum atomic E-state index is 10.3. The minimum absolute atomic E-state index is 0.683. The van der Waals surface area contributed by atoms with E-state index in [1.807, 2.05) is 23.8 Å². The number of aromatic nitrogens is 2. The highest BCUT2D eigenvalue weighted by Gasteiger charge is 2.20. The number of hydrogen-bond donors (Lipinski definition) is 1. The first-order chi connectivity index (χ1) is 8.27. The van der Waals surface area contributed by atoms with Gasteiger partial charge in [-0.2, -0.15) is 0 Å². The minimum Gasteiger partial charge on any atom is -0.469 e. The lowest BCUT2D eigenvalue weighted by molar-refractivity contribution is 0.201. The van der Waals surface area contributed by atoms with E-state index in [-0.39, 0.29) is 0 Å². The molecule has 2 aromatic rings. The first-order valence-corrected chi connectivity index (χ1v) is 6.03. The topological polar surface area (TPSA) is 51.2 Å². The minimum atomic E-state index is -0.703. The second kappa shape index (κ2) is 5.19. The summed E-state index contributed by atoms with van der Waals surface area (Å²) in [5, 5.41) is 10.3. The molecule has 1 atom stereocenters. The van der Waals surface area contributed by atoms with Crippen LogP contribution in [0.4, 0.5) is 0 Å². The number of hydrogen-bond acceptors (Lipinski definition) is 3. The summed E-state index contributed by atoms with van der Waals surface area (Å²) < 4.78 is 7.32. The molecule has 0 saturated carbocycles. The maximum absolute atomic E-state index is 10.3. The third kappa shape index (κ3) is 2.26. The predicted octanol–water partition coefficient (Wildman–Crippen LogP) is 2.53. The highest BCUT2D eigenvalue weighted by Crippen LogP contribution is 2.25. The molecule has 4 heteroatoms. The molecule has 0 aliphatic heterocycles. The lowest BCUT2D eigenvalue weighted by Crippen LogP contribution is -2.10. The van der Waals surface area contributed by atoms with Gasteiger partial charge in [0, 0.05) is 30.9 Å². The van der Waals surface area contributed by atoms with Gasteiger partial charge in [0.25, 0.3) is 0 Å². The summed E-state index contributed by atoms with van der Waals surface area (Å²) in [4.78, 5) is 4.24. The van der Waals surface area contributed by atoms with Crippen LogP contribution in [0.2, 0.25) is 0 Å². The summed E-state index contributed by atoms with van der Waals surface area (Å²) in [7, 11) is 0. The van der Waals surface area contributed by atoms with Gasteiger partial charge >= 0.3 is 0 Å². The third-order valence-corrected chi connectivity index (χ3v) is 2.85. The highest BCUT2D eigenvalue weighted by atomic mass is 16.3. The Labute approximate surface area is 101 Å². The zero-order valence-corrected chi connectivity index (χ0v) is 10.3. The Morgan fingerprint density at radius 3 is 3.00 bits per heavy atom. The van der Waals surface area contributed by atoms with E-state index in [4.69, 9.17) is 4.42 Å². The molecule has 2 rings (SSSR count). The number of rotatable bonds is 5. The Hall–Kier alpha value is -1.55. The van der Waals surface area contributed by atoms with Crippen molar-refractivity contribution in [3.8, 4) is 0 Å². The van der Waals surface area contributed by atoms with Crippen LogP contribution in [0.3, 0.4) is 0 Å². The molecule has 1 N–H and O–H groups in total. The van der Waals surface area contributed by atoms with Crippen LogP contribution in [0.1, 0.15) is 43.5 Å². The summed E-state index contributed by atoms with van der Waals surface area (Å²) in [5.74, 6) is 1.51. The van der Waals surface area contributed by atoms with E-state index in [0.717, 1.165) is 30.7 Å². The quantitative estimate of drug-likeness (QED) is 0.864. The van der Waals surface area contributed by atoms with Gasteiger partial charge in [-0.3, -0.25) is 0 Å². The van der Waals surface area contributed by atoms with E-state index in [2.05, 4.69) is 11.9 Å². The maximum Gasteiger partial charge on any atom is 0.142 e. The van der Waals surface area contributed by atoms with E-state index >= 15 is 0 Å². The van der Waals surface area contributed by atoms with Gasteiger partial charge in [-0.1, -0.05) is 13.8 Å². The average molecular weight is 234 g/mol. The second-order valence-corrected chi connectivity index (χ2v) is 4.03. The fraction of sp³-hybridized carbons (Fsp3) is 0.462. The zero-order chi connectivity index (χ0) is 12.3. The number of nitrogens with zero attached hydrogens (tertiary/aromatic N) is 2. The molecule has 1 unspecified atom stereocenters. The van der Waals surface area contributed by atoms with Gasteiger partial charge in [-0.25, -0.2) is 4.98 Å². The van der Waals surface area contributed by atoms with Gasteiger partial charge in [0.15, 0.2) is 0 Å². The normalized spacial score (nSPS) is 12.9. The lowest BCUT2D eigenvalue weighted by Gasteiger charge is -2.12. The van der Waals surface area contributed by atoms with E-state index in [1.54, 1.807) is 12.5 Å². The van der Waals surface area contributed by atoms with Crippen molar-refractivity contribution < 1.29 is 9.52 Å². The molecule has 0 aliphatic rings. The van der Waals surface area contributed by atoms with Crippen LogP contribution < -0.4 is 0 Å². The van der Waals surface area contributed by atoms with E-state index in [1.165, 1.54) is 0 Å². The van der Waals surface area contributed by atoms with Gasteiger partial charge in [-0.15, -0.1) is 0 Å². The van der Waals surface area contributed by atoms with E-state index in [9.17, 15) is 5.11 Å². The number of aliphatic hydroxyl groups is 1. The van der Waals surface area contributed by atoms with Crippen molar-refractivity contribution in [1.29, 1.82) is 0 Å². The first-order valence-electron chi connectivity index (χ1n) is 6.03. The van der Waals surface area contributed by atoms with Crippen molar-refractivity contribution in [3.63, 3.8) is 0 Å². The molecule has 92 valence electrons. The van der Waals surface area contributed by atoms with Crippen molar-refractivity contribution in [1.82, 2.24) is 9.55 Å². The second-order valence-electron chi connectivity index (χ2n) is 4.03. The molecule has 0 bridgehead atoms. The Balaban J connectivity index is 2.30. The standard InChI is InChI=1S/C13H18N2O2/c1-3-7-15-8-6-14-13(15)12(16)10-5-9-17-11(10)4-2/h5-6,8-9,12,16H,3-4,7H2,1-2H3. The van der Waals surface area contributed by atoms with Crippen LogP contribution >= 0.6 is 0 Å². The lowest BCUT2D eigenvalue weighted by atomic mass is 10.1. The van der Waals surface area contributed by atoms with Crippen LogP contribution in [-0.2, 0) is 13.0 Å². The summed E-state index contributed by atoms with van der Waals surface area (Å²) in [5.41, 5.74) is 0.816. The Morgan fingerprint density at radius 1 is 1.47 bits per heavy atom. The van der Waals surface area contributed by atoms with Crippen LogP contribution in [0.25, 0.3) is 0 Å². The molecule has 17 heavy (non-hydrogen) atoms. The number of furan rings is 1. The number of aliphatic hydroxyl groups excluding tert-OH is 1. The Morgan fingerprint density at radius 2 is 2.29 bits per heavy atom. The molecular weight excluding hydrogens is 216 g/mol. The average Bonchev–Trinajstić information content (AvgIpc) is 2.96. The van der Waals surface area contributed by atoms with Crippen molar-refractivity contribution in [2.75, 3.05) is 0 Å². The zero-order valence-electron chi connectivity index (χ0n) is 10.3. The van der Waals surface area contributed by atoms with Crippen molar-refractivity contribution in [3.05, 3.63) is 41.9 Å². The number of imidazole rings is 1. The molecule has 0 spiro atoms. The van der Waals surface area contributed by atoms with Crippen molar-refractivity contribution >= 4 is 0 Å². The monoisotopic (exact) mass is 234 g/mol. The Bertz CT molecular complexity index is 473. The molecule has 0 amide bonds. The first kappa shape index (κ1) is 11.9. The summed E-state index contributed by atoms with van der Waals surface area (Å²) in [6, 6.07) is 1.81. The summed E-state index contributed by atoms with van der Waals surface area (Å²) >= 11 is 0. The van der Waals surface area contributed by atoms with Crippen molar-refractivity contribution in [2.24, 2.45) is 0 Å². The Kier molecular flexibility index (Phi) is 3.64. The summed E-state index contributed by atoms with van der Waals surface area (Å²) in [6.45, 7) is 4.98. The SMILES string of the molecule is CCCn1ccnc1C(O)c1ccoc1CC. The molecule has 0 radical (unpaired) electrons. The highest BCUT2D eigenvalue weighted by molar-refractivity contribution is 5.25. The van der Waals surface area contributed by atoms with Gasteiger partial charge in [-0.05, 0) is 12.5 Å². The van der Waals surface area contributed by atoms with Crippen LogP contribution in [0.15, 0.2) is 29.1 Å². The molecule has 4 nitrogen and oxygen atoms in total. The van der Waals surface area contributed by atoms with Crippen LogP contribution in [0.5, 0.6) is 0 Å². The predicted molar refractivity (Wildman–Crippen MR) is 64.7 cm³/mol. The molecule has 0 saturated heterocycles. The van der Waals surface area contributed by atoms with E-state index < -0.39 is 6.10 Å². The largest absolute Gasteiger partial charge is 0.469 e. The van der Waals surface area contributed by atoms with Gasteiger partial charge < -0.3 is 14.1 Å². The molecular formula is C13H18N2O2. The third-order valence-electron chi connectivity index (χ3n) is 2.85. The van der Waals surface area contributed by atoms with Gasteiger partial charge in [0.1, 0.15) is 17.7 Å². The molecule has 0 aliphatic carbocycles. The number of aryl methyl sites for hydroxylation is 2. The fourth-order valence-electron chi connectivity index (χ4n) is 2.02. The fourth-order valence-corrected chi connectivity index (χ4v) is 2.02. The van der Waals surface area contributed by atoms with E-state index in [0.29, 0.717) is 5.82 Å². The van der Waals surface area contributed by atoms with Gasteiger partial charge in [0.05, 0.1) is 6.26 Å².